The van der Waals surface area contributed by atoms with E-state index in [9.17, 15) is 9.46 Å². The second-order valence-corrected chi connectivity index (χ2v) is 6.76. The summed E-state index contributed by atoms with van der Waals surface area (Å²) in [7, 11) is -3.71. The van der Waals surface area contributed by atoms with Gasteiger partial charge >= 0.3 is 7.60 Å². The minimum Gasteiger partial charge on any atom is -0.382 e. The molecule has 1 atom stereocenters. The van der Waals surface area contributed by atoms with Crippen molar-refractivity contribution >= 4 is 31.1 Å². The Balaban J connectivity index is 1.85. The van der Waals surface area contributed by atoms with E-state index in [0.29, 0.717) is 30.4 Å². The summed E-state index contributed by atoms with van der Waals surface area (Å²) in [5, 5.41) is 0. The highest BCUT2D eigenvalue weighted by molar-refractivity contribution is 7.52. The number of anilines is 2. The molecule has 0 spiro atoms. The number of nitrogens with two attached hydrogens (primary N) is 1. The third-order valence-corrected chi connectivity index (χ3v) is 4.05. The van der Waals surface area contributed by atoms with E-state index in [2.05, 4.69) is 15.0 Å². The standard InChI is InChI=1S/C12H20N5O4P/c1-9(2)21-22(18,19)8-20-6-5-17-4-3-14-10-11(13)15-7-16-12(10)17/h3,7,9H,4-6,8H2,1-2H3,(H,18,19)(H2,13,15,16). The largest absolute Gasteiger partial charge is 0.382 e. The van der Waals surface area contributed by atoms with E-state index in [1.54, 1.807) is 20.1 Å². The molecule has 1 unspecified atom stereocenters. The van der Waals surface area contributed by atoms with Crippen LogP contribution in [0.15, 0.2) is 11.3 Å². The minimum absolute atomic E-state index is 0.253. The zero-order chi connectivity index (χ0) is 16.2. The molecule has 0 fully saturated rings. The molecule has 1 aliphatic rings. The molecule has 0 bridgehead atoms. The Morgan fingerprint density at radius 2 is 2.27 bits per heavy atom. The van der Waals surface area contributed by atoms with Gasteiger partial charge in [0.2, 0.25) is 0 Å². The topological polar surface area (TPSA) is 123 Å². The molecule has 2 heterocycles. The lowest BCUT2D eigenvalue weighted by Gasteiger charge is -2.26. The van der Waals surface area contributed by atoms with E-state index in [4.69, 9.17) is 15.0 Å². The van der Waals surface area contributed by atoms with Crippen LogP contribution in [0, 0.1) is 0 Å². The van der Waals surface area contributed by atoms with Crippen molar-refractivity contribution in [2.75, 3.05) is 36.7 Å². The Labute approximate surface area is 128 Å². The first-order valence-electron chi connectivity index (χ1n) is 6.85. The van der Waals surface area contributed by atoms with Gasteiger partial charge in [-0.3, -0.25) is 9.56 Å². The van der Waals surface area contributed by atoms with Crippen molar-refractivity contribution in [3.05, 3.63) is 6.33 Å². The number of ether oxygens (including phenoxy) is 1. The predicted octanol–water partition coefficient (Wildman–Crippen LogP) is 1.17. The van der Waals surface area contributed by atoms with Crippen LogP contribution in [0.1, 0.15) is 13.8 Å². The zero-order valence-electron chi connectivity index (χ0n) is 12.5. The number of nitrogen functional groups attached to an aromatic ring is 1. The Morgan fingerprint density at radius 3 is 3.00 bits per heavy atom. The fourth-order valence-electron chi connectivity index (χ4n) is 1.97. The molecule has 3 N–H and O–H groups in total. The van der Waals surface area contributed by atoms with Crippen molar-refractivity contribution in [2.45, 2.75) is 20.0 Å². The lowest BCUT2D eigenvalue weighted by Crippen LogP contribution is -2.32. The van der Waals surface area contributed by atoms with Crippen molar-refractivity contribution in [2.24, 2.45) is 4.99 Å². The third kappa shape index (κ3) is 4.48. The van der Waals surface area contributed by atoms with E-state index in [0.717, 1.165) is 0 Å². The molecular weight excluding hydrogens is 309 g/mol. The summed E-state index contributed by atoms with van der Waals surface area (Å²) >= 11 is 0. The molecule has 0 saturated carbocycles. The van der Waals surface area contributed by atoms with Crippen molar-refractivity contribution in [1.82, 2.24) is 9.97 Å². The fraction of sp³-hybridized carbons (Fsp3) is 0.583. The van der Waals surface area contributed by atoms with Crippen molar-refractivity contribution < 1.29 is 18.7 Å². The van der Waals surface area contributed by atoms with E-state index >= 15 is 0 Å². The van der Waals surface area contributed by atoms with Gasteiger partial charge in [0, 0.05) is 12.8 Å². The lowest BCUT2D eigenvalue weighted by molar-refractivity contribution is 0.135. The molecule has 0 amide bonds. The van der Waals surface area contributed by atoms with Crippen LogP contribution < -0.4 is 10.6 Å². The quantitative estimate of drug-likeness (QED) is 0.564. The van der Waals surface area contributed by atoms with Crippen LogP contribution in [0.4, 0.5) is 17.3 Å². The number of aliphatic imine (C=N–C) groups is 1. The van der Waals surface area contributed by atoms with Crippen LogP contribution in [-0.4, -0.2) is 53.2 Å². The SMILES string of the molecule is CC(C)OP(=O)(O)COCCN1CC=Nc2c(N)ncnc21. The second-order valence-electron chi connectivity index (χ2n) is 5.02. The van der Waals surface area contributed by atoms with Crippen LogP contribution in [0.25, 0.3) is 0 Å². The zero-order valence-corrected chi connectivity index (χ0v) is 13.4. The Hall–Kier alpha value is -1.54. The molecule has 2 rings (SSSR count). The lowest BCUT2D eigenvalue weighted by atomic mass is 10.3. The van der Waals surface area contributed by atoms with Gasteiger partial charge in [-0.1, -0.05) is 0 Å². The van der Waals surface area contributed by atoms with Crippen LogP contribution in [0.3, 0.4) is 0 Å². The molecule has 9 nitrogen and oxygen atoms in total. The number of nitrogens with zero attached hydrogens (tertiary/aromatic N) is 4. The first-order chi connectivity index (χ1) is 10.4. The summed E-state index contributed by atoms with van der Waals surface area (Å²) in [5.74, 6) is 0.946. The maximum absolute atomic E-state index is 11.7. The molecule has 22 heavy (non-hydrogen) atoms. The molecule has 10 heteroatoms. The van der Waals surface area contributed by atoms with Crippen molar-refractivity contribution in [3.63, 3.8) is 0 Å². The maximum Gasteiger partial charge on any atom is 0.353 e. The monoisotopic (exact) mass is 329 g/mol. The molecule has 1 aliphatic heterocycles. The predicted molar refractivity (Wildman–Crippen MR) is 83.7 cm³/mol. The molecule has 0 radical (unpaired) electrons. The van der Waals surface area contributed by atoms with Crippen LogP contribution in [0.2, 0.25) is 0 Å². The normalized spacial score (nSPS) is 16.6. The molecular formula is C12H20N5O4P. The van der Waals surface area contributed by atoms with Gasteiger partial charge in [0.1, 0.15) is 18.4 Å². The highest BCUT2D eigenvalue weighted by atomic mass is 31.2. The van der Waals surface area contributed by atoms with E-state index in [1.807, 2.05) is 4.90 Å². The summed E-state index contributed by atoms with van der Waals surface area (Å²) in [6.45, 7) is 4.68. The number of rotatable bonds is 7. The first-order valence-corrected chi connectivity index (χ1v) is 8.61. The Kier molecular flexibility index (Phi) is 5.47. The van der Waals surface area contributed by atoms with Gasteiger partial charge in [0.15, 0.2) is 11.6 Å². The van der Waals surface area contributed by atoms with Crippen LogP contribution in [0.5, 0.6) is 0 Å². The van der Waals surface area contributed by atoms with Gasteiger partial charge < -0.3 is 24.8 Å². The summed E-state index contributed by atoms with van der Waals surface area (Å²) in [5.41, 5.74) is 6.28. The minimum atomic E-state index is -3.71. The average molecular weight is 329 g/mol. The Bertz CT molecular complexity index is 595. The first kappa shape index (κ1) is 16.8. The molecule has 122 valence electrons. The van der Waals surface area contributed by atoms with Gasteiger partial charge in [-0.05, 0) is 13.8 Å². The van der Waals surface area contributed by atoms with Gasteiger partial charge in [0.05, 0.1) is 19.3 Å². The third-order valence-electron chi connectivity index (χ3n) is 2.79. The molecule has 0 aromatic carbocycles. The summed E-state index contributed by atoms with van der Waals surface area (Å²) in [4.78, 5) is 23.7. The number of hydrogen-bond acceptors (Lipinski definition) is 8. The maximum atomic E-state index is 11.7. The van der Waals surface area contributed by atoms with Crippen molar-refractivity contribution in [1.29, 1.82) is 0 Å². The number of hydrogen-bond donors (Lipinski definition) is 2. The number of aromatic nitrogens is 2. The average Bonchev–Trinajstić information content (AvgIpc) is 2.43. The highest BCUT2D eigenvalue weighted by Crippen LogP contribution is 2.43. The van der Waals surface area contributed by atoms with Crippen LogP contribution in [-0.2, 0) is 13.8 Å². The van der Waals surface area contributed by atoms with Gasteiger partial charge in [0.25, 0.3) is 0 Å². The van der Waals surface area contributed by atoms with E-state index in [1.165, 1.54) is 6.33 Å². The fourth-order valence-corrected chi connectivity index (χ4v) is 3.05. The molecule has 0 aliphatic carbocycles. The Morgan fingerprint density at radius 1 is 1.50 bits per heavy atom. The van der Waals surface area contributed by atoms with E-state index < -0.39 is 7.60 Å². The molecule has 1 aromatic rings. The van der Waals surface area contributed by atoms with Crippen molar-refractivity contribution in [3.8, 4) is 0 Å². The van der Waals surface area contributed by atoms with Gasteiger partial charge in [-0.25, -0.2) is 9.97 Å². The molecule has 0 saturated heterocycles. The highest BCUT2D eigenvalue weighted by Gasteiger charge is 2.22. The summed E-state index contributed by atoms with van der Waals surface area (Å²) < 4.78 is 21.8. The van der Waals surface area contributed by atoms with Gasteiger partial charge in [-0.15, -0.1) is 0 Å². The van der Waals surface area contributed by atoms with Gasteiger partial charge in [-0.2, -0.15) is 0 Å². The molecule has 1 aromatic heterocycles. The number of fused-ring (bicyclic) bond motifs is 1. The second kappa shape index (κ2) is 7.15. The van der Waals surface area contributed by atoms with E-state index in [-0.39, 0.29) is 19.1 Å². The van der Waals surface area contributed by atoms with Crippen LogP contribution >= 0.6 is 7.60 Å². The smallest absolute Gasteiger partial charge is 0.353 e. The summed E-state index contributed by atoms with van der Waals surface area (Å²) in [6.07, 6.45) is 2.41. The summed E-state index contributed by atoms with van der Waals surface area (Å²) in [6, 6.07) is 0.